The summed E-state index contributed by atoms with van der Waals surface area (Å²) in [5.74, 6) is -0.982. The number of hydrogen-bond acceptors (Lipinski definition) is 9. The van der Waals surface area contributed by atoms with Gasteiger partial charge in [-0.15, -0.1) is 11.3 Å². The fourth-order valence-corrected chi connectivity index (χ4v) is 7.23. The lowest BCUT2D eigenvalue weighted by Crippen LogP contribution is -2.43. The van der Waals surface area contributed by atoms with Gasteiger partial charge in [0.15, 0.2) is 0 Å². The normalized spacial score (nSPS) is 17.0. The van der Waals surface area contributed by atoms with Gasteiger partial charge in [-0.25, -0.2) is 13.2 Å². The Morgan fingerprint density at radius 1 is 1.28 bits per heavy atom. The van der Waals surface area contributed by atoms with Gasteiger partial charge in [0.25, 0.3) is 0 Å². The average Bonchev–Trinajstić information content (AvgIpc) is 3.47. The zero-order valence-corrected chi connectivity index (χ0v) is 20.2. The third kappa shape index (κ3) is 3.91. The highest BCUT2D eigenvalue weighted by atomic mass is 32.2. The quantitative estimate of drug-likeness (QED) is 0.522. The van der Waals surface area contributed by atoms with Gasteiger partial charge in [0.05, 0.1) is 23.9 Å². The first-order valence-corrected chi connectivity index (χ1v) is 13.1. The predicted octanol–water partition coefficient (Wildman–Crippen LogP) is 3.34. The molecule has 0 radical (unpaired) electrons. The van der Waals surface area contributed by atoms with Crippen LogP contribution in [0.4, 0.5) is 5.00 Å². The molecule has 1 amide bonds. The van der Waals surface area contributed by atoms with Crippen molar-refractivity contribution in [3.8, 4) is 0 Å². The highest BCUT2D eigenvalue weighted by Gasteiger charge is 2.41. The number of amides is 1. The second kappa shape index (κ2) is 8.85. The Morgan fingerprint density at radius 3 is 2.81 bits per heavy atom. The Hall–Kier alpha value is -2.41. The first kappa shape index (κ1) is 22.8. The van der Waals surface area contributed by atoms with E-state index < -0.39 is 27.9 Å². The van der Waals surface area contributed by atoms with Gasteiger partial charge in [-0.2, -0.15) is 13.1 Å². The minimum Gasteiger partial charge on any atom is -0.462 e. The van der Waals surface area contributed by atoms with Crippen molar-refractivity contribution in [2.45, 2.75) is 44.6 Å². The van der Waals surface area contributed by atoms with Crippen LogP contribution in [0.15, 0.2) is 23.1 Å². The molecule has 1 aromatic carbocycles. The van der Waals surface area contributed by atoms with Gasteiger partial charge in [0.2, 0.25) is 15.9 Å². The van der Waals surface area contributed by atoms with E-state index in [-0.39, 0.29) is 18.0 Å². The summed E-state index contributed by atoms with van der Waals surface area (Å²) in [6.45, 7) is 5.80. The number of nitrogens with one attached hydrogen (secondary N) is 1. The number of hydrogen-bond donors (Lipinski definition) is 1. The van der Waals surface area contributed by atoms with E-state index >= 15 is 0 Å². The molecule has 1 aliphatic heterocycles. The van der Waals surface area contributed by atoms with Gasteiger partial charge in [0.1, 0.15) is 27.0 Å². The van der Waals surface area contributed by atoms with E-state index in [9.17, 15) is 18.0 Å². The number of esters is 1. The van der Waals surface area contributed by atoms with Crippen molar-refractivity contribution in [3.05, 3.63) is 34.2 Å². The van der Waals surface area contributed by atoms with E-state index in [1.807, 2.05) is 6.92 Å². The van der Waals surface area contributed by atoms with Crippen LogP contribution in [0.25, 0.3) is 11.0 Å². The molecule has 0 saturated carbocycles. The second-order valence-corrected chi connectivity index (χ2v) is 11.0. The molecule has 1 atom stereocenters. The zero-order valence-electron chi connectivity index (χ0n) is 17.7. The number of sulfonamides is 1. The predicted molar refractivity (Wildman–Crippen MR) is 123 cm³/mol. The summed E-state index contributed by atoms with van der Waals surface area (Å²) in [5.41, 5.74) is 1.85. The number of aryl methyl sites for hydroxylation is 1. The fraction of sp³-hybridized carbons (Fsp3) is 0.400. The van der Waals surface area contributed by atoms with Crippen LogP contribution in [-0.4, -0.2) is 52.5 Å². The largest absolute Gasteiger partial charge is 0.462 e. The number of carbonyl (C=O) groups excluding carboxylic acids is 2. The van der Waals surface area contributed by atoms with Gasteiger partial charge in [0, 0.05) is 11.4 Å². The molecule has 170 valence electrons. The van der Waals surface area contributed by atoms with E-state index in [4.69, 9.17) is 4.74 Å². The highest BCUT2D eigenvalue weighted by molar-refractivity contribution is 7.89. The molecule has 1 fully saturated rings. The van der Waals surface area contributed by atoms with Gasteiger partial charge in [-0.1, -0.05) is 6.07 Å². The van der Waals surface area contributed by atoms with E-state index in [1.165, 1.54) is 21.7 Å². The van der Waals surface area contributed by atoms with Crippen LogP contribution in [0.3, 0.4) is 0 Å². The van der Waals surface area contributed by atoms with Crippen molar-refractivity contribution in [3.63, 3.8) is 0 Å². The Labute approximate surface area is 193 Å². The Bertz CT molecular complexity index is 1300. The number of anilines is 1. The van der Waals surface area contributed by atoms with Crippen molar-refractivity contribution in [1.82, 2.24) is 13.1 Å². The maximum atomic E-state index is 13.4. The van der Waals surface area contributed by atoms with Gasteiger partial charge < -0.3 is 10.1 Å². The summed E-state index contributed by atoms with van der Waals surface area (Å²) in [7, 11) is -3.97. The number of fused-ring (bicyclic) bond motifs is 1. The van der Waals surface area contributed by atoms with Crippen molar-refractivity contribution in [2.75, 3.05) is 18.5 Å². The van der Waals surface area contributed by atoms with Crippen molar-refractivity contribution < 1.29 is 22.7 Å². The lowest BCUT2D eigenvalue weighted by Gasteiger charge is -2.23. The number of rotatable bonds is 6. The van der Waals surface area contributed by atoms with Gasteiger partial charge in [-0.3, -0.25) is 4.79 Å². The van der Waals surface area contributed by atoms with Crippen LogP contribution in [0, 0.1) is 13.8 Å². The van der Waals surface area contributed by atoms with E-state index in [0.29, 0.717) is 34.4 Å². The Morgan fingerprint density at radius 2 is 2.06 bits per heavy atom. The number of ether oxygens (including phenoxy) is 1. The molecular formula is C20H22N4O5S3. The van der Waals surface area contributed by atoms with Crippen LogP contribution in [0.5, 0.6) is 0 Å². The van der Waals surface area contributed by atoms with Crippen molar-refractivity contribution in [2.24, 2.45) is 0 Å². The molecule has 12 heteroatoms. The molecule has 0 aliphatic carbocycles. The van der Waals surface area contributed by atoms with E-state index in [2.05, 4.69) is 14.1 Å². The molecule has 0 spiro atoms. The molecule has 0 bridgehead atoms. The van der Waals surface area contributed by atoms with Crippen LogP contribution in [0.1, 0.15) is 40.6 Å². The molecule has 1 N–H and O–H groups in total. The Kier molecular flexibility index (Phi) is 6.30. The maximum absolute atomic E-state index is 13.4. The molecule has 9 nitrogen and oxygen atoms in total. The van der Waals surface area contributed by atoms with Crippen LogP contribution in [-0.2, 0) is 19.6 Å². The van der Waals surface area contributed by atoms with E-state index in [0.717, 1.165) is 22.2 Å². The zero-order chi connectivity index (χ0) is 23.0. The number of thiophene rings is 1. The highest BCUT2D eigenvalue weighted by Crippen LogP contribution is 2.35. The van der Waals surface area contributed by atoms with Crippen LogP contribution in [0.2, 0.25) is 0 Å². The lowest BCUT2D eigenvalue weighted by atomic mass is 10.1. The number of carbonyl (C=O) groups is 2. The summed E-state index contributed by atoms with van der Waals surface area (Å²) in [5, 5.41) is 3.16. The molecule has 1 saturated heterocycles. The molecule has 1 aliphatic rings. The fourth-order valence-electron chi connectivity index (χ4n) is 3.76. The molecule has 4 rings (SSSR count). The SMILES string of the molecule is CCOC(=O)c1c(NC(=O)C2CCCN2S(=O)(=O)c2cccc3nsnc23)sc(C)c1C. The summed E-state index contributed by atoms with van der Waals surface area (Å²) in [6, 6.07) is 3.91. The summed E-state index contributed by atoms with van der Waals surface area (Å²) < 4.78 is 41.5. The third-order valence-corrected chi connectivity index (χ3v) is 9.05. The third-order valence-electron chi connectivity index (χ3n) is 5.44. The first-order chi connectivity index (χ1) is 15.3. The van der Waals surface area contributed by atoms with Gasteiger partial charge in [-0.05, 0) is 51.3 Å². The average molecular weight is 495 g/mol. The Balaban J connectivity index is 1.64. The van der Waals surface area contributed by atoms with Crippen molar-refractivity contribution >= 4 is 61.0 Å². The standard InChI is InChI=1S/C20H22N4O5S3/c1-4-29-20(26)16-11(2)12(3)30-19(16)21-18(25)14-8-6-10-24(14)32(27,28)15-9-5-7-13-17(15)23-31-22-13/h5,7,9,14H,4,6,8,10H2,1-3H3,(H,21,25). The summed E-state index contributed by atoms with van der Waals surface area (Å²) >= 11 is 2.21. The second-order valence-electron chi connectivity index (χ2n) is 7.36. The van der Waals surface area contributed by atoms with Crippen LogP contribution < -0.4 is 5.32 Å². The number of benzene rings is 1. The number of aromatic nitrogens is 2. The maximum Gasteiger partial charge on any atom is 0.341 e. The first-order valence-electron chi connectivity index (χ1n) is 10.1. The molecule has 3 heterocycles. The molecular weight excluding hydrogens is 472 g/mol. The van der Waals surface area contributed by atoms with Crippen LogP contribution >= 0.6 is 23.1 Å². The smallest absolute Gasteiger partial charge is 0.341 e. The van der Waals surface area contributed by atoms with Crippen molar-refractivity contribution in [1.29, 1.82) is 0 Å². The number of nitrogens with zero attached hydrogens (tertiary/aromatic N) is 3. The minimum absolute atomic E-state index is 0.0403. The molecule has 32 heavy (non-hydrogen) atoms. The minimum atomic E-state index is -3.97. The summed E-state index contributed by atoms with van der Waals surface area (Å²) in [4.78, 5) is 26.5. The molecule has 1 unspecified atom stereocenters. The summed E-state index contributed by atoms with van der Waals surface area (Å²) in [6.07, 6.45) is 0.935. The van der Waals surface area contributed by atoms with E-state index in [1.54, 1.807) is 26.0 Å². The molecule has 3 aromatic rings. The van der Waals surface area contributed by atoms with Gasteiger partial charge >= 0.3 is 5.97 Å². The monoisotopic (exact) mass is 494 g/mol. The molecule has 2 aromatic heterocycles. The lowest BCUT2D eigenvalue weighted by molar-refractivity contribution is -0.119. The topological polar surface area (TPSA) is 119 Å².